The number of nitrogens with zero attached hydrogens (tertiary/aromatic N) is 3. The van der Waals surface area contributed by atoms with Gasteiger partial charge in [0.05, 0.1) is 17.5 Å². The van der Waals surface area contributed by atoms with Crippen molar-refractivity contribution in [3.63, 3.8) is 0 Å². The Hall–Kier alpha value is -3.70. The smallest absolute Gasteiger partial charge is 0.251 e. The van der Waals surface area contributed by atoms with E-state index in [0.717, 1.165) is 34.6 Å². The first-order valence-electron chi connectivity index (χ1n) is 13.9. The molecule has 5 rings (SSSR count). The van der Waals surface area contributed by atoms with E-state index in [1.54, 1.807) is 6.20 Å². The lowest BCUT2D eigenvalue weighted by atomic mass is 9.91. The molecule has 0 spiro atoms. The average molecular weight is 657 g/mol. The molecular weight excluding hydrogens is 624 g/mol. The fourth-order valence-corrected chi connectivity index (χ4v) is 6.86. The number of halogens is 3. The standard InChI is InChI=1S/C32H32Cl2FN5O3S/c1-39(2)30-12-3-21(16-36-30)17-37-32(41)25-13-28(35)15-29(14-25)38-44(42,43)20-22-18-40(19-22)31(23-4-8-26(33)9-5-23)24-6-10-27(34)11-7-24/h3-16,22,31,38H,17-20H2,1-2H3,(H,37,41). The summed E-state index contributed by atoms with van der Waals surface area (Å²) >= 11 is 12.2. The van der Waals surface area contributed by atoms with Crippen LogP contribution in [0.3, 0.4) is 0 Å². The Morgan fingerprint density at radius 1 is 0.977 bits per heavy atom. The third kappa shape index (κ3) is 8.06. The lowest BCUT2D eigenvalue weighted by Crippen LogP contribution is -2.51. The highest BCUT2D eigenvalue weighted by molar-refractivity contribution is 7.92. The molecule has 1 aliphatic heterocycles. The molecule has 0 bridgehead atoms. The average Bonchev–Trinajstić information content (AvgIpc) is 2.96. The van der Waals surface area contributed by atoms with Crippen molar-refractivity contribution < 1.29 is 17.6 Å². The van der Waals surface area contributed by atoms with Gasteiger partial charge in [0.15, 0.2) is 0 Å². The van der Waals surface area contributed by atoms with Crippen LogP contribution >= 0.6 is 23.2 Å². The van der Waals surface area contributed by atoms with Crippen LogP contribution in [0.25, 0.3) is 0 Å². The first kappa shape index (κ1) is 31.7. The minimum atomic E-state index is -3.83. The molecule has 44 heavy (non-hydrogen) atoms. The molecule has 0 aliphatic carbocycles. The van der Waals surface area contributed by atoms with Crippen molar-refractivity contribution in [3.05, 3.63) is 123 Å². The molecule has 2 N–H and O–H groups in total. The minimum absolute atomic E-state index is 0.00385. The highest BCUT2D eigenvalue weighted by Crippen LogP contribution is 2.36. The zero-order valence-electron chi connectivity index (χ0n) is 24.2. The van der Waals surface area contributed by atoms with E-state index in [9.17, 15) is 17.6 Å². The summed E-state index contributed by atoms with van der Waals surface area (Å²) in [6.45, 7) is 1.26. The molecule has 12 heteroatoms. The van der Waals surface area contributed by atoms with Crippen LogP contribution in [-0.2, 0) is 16.6 Å². The predicted octanol–water partition coefficient (Wildman–Crippen LogP) is 5.99. The van der Waals surface area contributed by atoms with Gasteiger partial charge in [-0.05, 0) is 65.2 Å². The van der Waals surface area contributed by atoms with Gasteiger partial charge in [0.25, 0.3) is 5.91 Å². The van der Waals surface area contributed by atoms with Gasteiger partial charge in [-0.1, -0.05) is 53.5 Å². The molecule has 1 aromatic heterocycles. The molecule has 1 amide bonds. The van der Waals surface area contributed by atoms with Gasteiger partial charge in [-0.15, -0.1) is 0 Å². The Labute approximate surface area is 266 Å². The second-order valence-corrected chi connectivity index (χ2v) is 13.7. The topological polar surface area (TPSA) is 94.6 Å². The molecule has 0 unspecified atom stereocenters. The summed E-state index contributed by atoms with van der Waals surface area (Å²) in [5.74, 6) is -0.772. The fourth-order valence-electron chi connectivity index (χ4n) is 5.21. The van der Waals surface area contributed by atoms with Gasteiger partial charge in [-0.3, -0.25) is 14.4 Å². The first-order chi connectivity index (χ1) is 21.0. The summed E-state index contributed by atoms with van der Waals surface area (Å²) in [5.41, 5.74) is 2.82. The summed E-state index contributed by atoms with van der Waals surface area (Å²) in [7, 11) is -0.0790. The molecule has 8 nitrogen and oxygen atoms in total. The van der Waals surface area contributed by atoms with Gasteiger partial charge in [-0.25, -0.2) is 17.8 Å². The van der Waals surface area contributed by atoms with E-state index in [4.69, 9.17) is 23.2 Å². The third-order valence-corrected chi connectivity index (χ3v) is 9.29. The summed E-state index contributed by atoms with van der Waals surface area (Å²) in [5, 5.41) is 3.99. The van der Waals surface area contributed by atoms with Crippen LogP contribution in [0.5, 0.6) is 0 Å². The van der Waals surface area contributed by atoms with Crippen LogP contribution in [0.4, 0.5) is 15.9 Å². The summed E-state index contributed by atoms with van der Waals surface area (Å²) in [6.07, 6.45) is 1.65. The van der Waals surface area contributed by atoms with Crippen molar-refractivity contribution in [1.82, 2.24) is 15.2 Å². The van der Waals surface area contributed by atoms with Crippen LogP contribution < -0.4 is 14.9 Å². The zero-order chi connectivity index (χ0) is 31.4. The highest BCUT2D eigenvalue weighted by Gasteiger charge is 2.36. The molecule has 0 saturated carbocycles. The molecule has 2 heterocycles. The van der Waals surface area contributed by atoms with Crippen molar-refractivity contribution >= 4 is 50.6 Å². The Morgan fingerprint density at radius 2 is 1.59 bits per heavy atom. The van der Waals surface area contributed by atoms with E-state index < -0.39 is 21.7 Å². The molecule has 1 fully saturated rings. The van der Waals surface area contributed by atoms with Gasteiger partial charge < -0.3 is 10.2 Å². The summed E-state index contributed by atoms with van der Waals surface area (Å²) < 4.78 is 43.1. The maximum absolute atomic E-state index is 14.4. The van der Waals surface area contributed by atoms with Crippen molar-refractivity contribution in [2.75, 3.05) is 42.6 Å². The van der Waals surface area contributed by atoms with E-state index in [2.05, 4.69) is 19.9 Å². The summed E-state index contributed by atoms with van der Waals surface area (Å²) in [6, 6.07) is 22.2. The number of pyridine rings is 1. The van der Waals surface area contributed by atoms with E-state index in [1.807, 2.05) is 79.7 Å². The number of likely N-dealkylation sites (tertiary alicyclic amines) is 1. The van der Waals surface area contributed by atoms with Crippen molar-refractivity contribution in [1.29, 1.82) is 0 Å². The Balaban J connectivity index is 1.20. The minimum Gasteiger partial charge on any atom is -0.363 e. The molecule has 230 valence electrons. The van der Waals surface area contributed by atoms with Crippen molar-refractivity contribution in [2.45, 2.75) is 12.6 Å². The SMILES string of the molecule is CN(C)c1ccc(CNC(=O)c2cc(F)cc(NS(=O)(=O)CC3CN(C(c4ccc(Cl)cc4)c4ccc(Cl)cc4)C3)c2)cn1. The summed E-state index contributed by atoms with van der Waals surface area (Å²) in [4.78, 5) is 21.1. The normalized spacial score (nSPS) is 13.9. The lowest BCUT2D eigenvalue weighted by molar-refractivity contribution is 0.0813. The van der Waals surface area contributed by atoms with Crippen LogP contribution in [0.15, 0.2) is 85.1 Å². The van der Waals surface area contributed by atoms with Crippen LogP contribution in [-0.4, -0.2) is 57.1 Å². The van der Waals surface area contributed by atoms with E-state index >= 15 is 0 Å². The first-order valence-corrected chi connectivity index (χ1v) is 16.3. The number of carbonyl (C=O) groups is 1. The van der Waals surface area contributed by atoms with Gasteiger partial charge in [0.2, 0.25) is 10.0 Å². The Morgan fingerprint density at radius 3 is 2.14 bits per heavy atom. The largest absolute Gasteiger partial charge is 0.363 e. The van der Waals surface area contributed by atoms with Crippen molar-refractivity contribution in [3.8, 4) is 0 Å². The van der Waals surface area contributed by atoms with Gasteiger partial charge in [0, 0.05) is 61.5 Å². The van der Waals surface area contributed by atoms with Gasteiger partial charge >= 0.3 is 0 Å². The van der Waals surface area contributed by atoms with Crippen LogP contribution in [0, 0.1) is 11.7 Å². The lowest BCUT2D eigenvalue weighted by Gasteiger charge is -2.44. The number of hydrogen-bond acceptors (Lipinski definition) is 6. The second-order valence-electron chi connectivity index (χ2n) is 11.0. The fraction of sp³-hybridized carbons (Fsp3) is 0.250. The second kappa shape index (κ2) is 13.5. The number of aromatic nitrogens is 1. The Bertz CT molecular complexity index is 1670. The highest BCUT2D eigenvalue weighted by atomic mass is 35.5. The number of carbonyl (C=O) groups excluding carboxylic acids is 1. The molecule has 0 atom stereocenters. The predicted molar refractivity (Wildman–Crippen MR) is 173 cm³/mol. The molecule has 0 radical (unpaired) electrons. The van der Waals surface area contributed by atoms with Crippen molar-refractivity contribution in [2.24, 2.45) is 5.92 Å². The van der Waals surface area contributed by atoms with E-state index in [0.29, 0.717) is 23.1 Å². The monoisotopic (exact) mass is 655 g/mol. The number of nitrogens with one attached hydrogen (secondary N) is 2. The maximum atomic E-state index is 14.4. The number of amides is 1. The molecule has 1 saturated heterocycles. The Kier molecular flexibility index (Phi) is 9.75. The van der Waals surface area contributed by atoms with Gasteiger partial charge in [-0.2, -0.15) is 0 Å². The molecule has 3 aromatic carbocycles. The van der Waals surface area contributed by atoms with E-state index in [1.165, 1.54) is 6.07 Å². The quantitative estimate of drug-likeness (QED) is 0.206. The zero-order valence-corrected chi connectivity index (χ0v) is 26.5. The number of sulfonamides is 1. The molecule has 1 aliphatic rings. The molecule has 4 aromatic rings. The third-order valence-electron chi connectivity index (χ3n) is 7.33. The van der Waals surface area contributed by atoms with Gasteiger partial charge in [0.1, 0.15) is 11.6 Å². The van der Waals surface area contributed by atoms with Crippen LogP contribution in [0.2, 0.25) is 10.0 Å². The number of rotatable bonds is 11. The number of anilines is 2. The van der Waals surface area contributed by atoms with E-state index in [-0.39, 0.29) is 35.5 Å². The molecular formula is C32H32Cl2FN5O3S. The maximum Gasteiger partial charge on any atom is 0.251 e. The van der Waals surface area contributed by atoms with Crippen LogP contribution in [0.1, 0.15) is 33.1 Å². The number of hydrogen-bond donors (Lipinski definition) is 2. The number of benzene rings is 3.